The summed E-state index contributed by atoms with van der Waals surface area (Å²) in [6, 6.07) is 7.77. The van der Waals surface area contributed by atoms with E-state index in [0.29, 0.717) is 5.69 Å². The van der Waals surface area contributed by atoms with Crippen molar-refractivity contribution in [2.45, 2.75) is 6.61 Å². The lowest BCUT2D eigenvalue weighted by molar-refractivity contribution is 0.277. The second-order valence-electron chi connectivity index (χ2n) is 4.54. The second-order valence-corrected chi connectivity index (χ2v) is 4.54. The minimum atomic E-state index is -0.0595. The third-order valence-corrected chi connectivity index (χ3v) is 3.35. The second kappa shape index (κ2) is 4.14. The summed E-state index contributed by atoms with van der Waals surface area (Å²) in [4.78, 5) is 11.7. The minimum Gasteiger partial charge on any atom is -0.390 e. The largest absolute Gasteiger partial charge is 0.390 e. The van der Waals surface area contributed by atoms with Crippen molar-refractivity contribution in [3.8, 4) is 11.1 Å². The molecule has 6 heteroatoms. The lowest BCUT2D eigenvalue weighted by Gasteiger charge is -2.01. The van der Waals surface area contributed by atoms with Crippen LogP contribution in [0.3, 0.4) is 0 Å². The molecular formula is C14H11N5O. The van der Waals surface area contributed by atoms with Gasteiger partial charge in [0.15, 0.2) is 5.65 Å². The van der Waals surface area contributed by atoms with Crippen LogP contribution in [0, 0.1) is 0 Å². The van der Waals surface area contributed by atoms with Gasteiger partial charge in [0.25, 0.3) is 0 Å². The fraction of sp³-hybridized carbons (Fsp3) is 0.0714. The summed E-state index contributed by atoms with van der Waals surface area (Å²) < 4.78 is 1.72. The molecule has 0 spiro atoms. The zero-order valence-electron chi connectivity index (χ0n) is 10.5. The van der Waals surface area contributed by atoms with Gasteiger partial charge in [0.05, 0.1) is 12.3 Å². The fourth-order valence-electron chi connectivity index (χ4n) is 2.35. The molecule has 2 N–H and O–H groups in total. The zero-order chi connectivity index (χ0) is 13.5. The van der Waals surface area contributed by atoms with Crippen molar-refractivity contribution in [2.75, 3.05) is 0 Å². The molecule has 0 saturated heterocycles. The van der Waals surface area contributed by atoms with Gasteiger partial charge in [-0.2, -0.15) is 5.10 Å². The highest BCUT2D eigenvalue weighted by atomic mass is 16.3. The Kier molecular flexibility index (Phi) is 2.30. The fourth-order valence-corrected chi connectivity index (χ4v) is 2.35. The van der Waals surface area contributed by atoms with Crippen LogP contribution in [0.4, 0.5) is 0 Å². The summed E-state index contributed by atoms with van der Waals surface area (Å²) in [6.07, 6.45) is 5.33. The van der Waals surface area contributed by atoms with E-state index in [-0.39, 0.29) is 6.61 Å². The van der Waals surface area contributed by atoms with E-state index >= 15 is 0 Å². The molecule has 0 unspecified atom stereocenters. The van der Waals surface area contributed by atoms with E-state index in [1.807, 2.05) is 36.7 Å². The van der Waals surface area contributed by atoms with Gasteiger partial charge in [-0.1, -0.05) is 0 Å². The maximum Gasteiger partial charge on any atom is 0.155 e. The van der Waals surface area contributed by atoms with Gasteiger partial charge in [-0.15, -0.1) is 0 Å². The Hall–Kier alpha value is -2.73. The van der Waals surface area contributed by atoms with Gasteiger partial charge in [0.2, 0.25) is 0 Å². The number of H-pyrrole nitrogens is 1. The van der Waals surface area contributed by atoms with Gasteiger partial charge >= 0.3 is 0 Å². The first-order valence-corrected chi connectivity index (χ1v) is 6.23. The number of rotatable bonds is 2. The van der Waals surface area contributed by atoms with Crippen LogP contribution < -0.4 is 0 Å². The molecule has 0 radical (unpaired) electrons. The molecule has 6 nitrogen and oxygen atoms in total. The maximum atomic E-state index is 9.12. The number of nitrogens with one attached hydrogen (secondary N) is 1. The Morgan fingerprint density at radius 1 is 1.25 bits per heavy atom. The van der Waals surface area contributed by atoms with E-state index in [4.69, 9.17) is 5.11 Å². The molecule has 0 bridgehead atoms. The predicted molar refractivity (Wildman–Crippen MR) is 74.0 cm³/mol. The Morgan fingerprint density at radius 2 is 2.20 bits per heavy atom. The average molecular weight is 265 g/mol. The van der Waals surface area contributed by atoms with Crippen LogP contribution in [0.15, 0.2) is 43.0 Å². The number of aliphatic hydroxyl groups excluding tert-OH is 1. The molecule has 98 valence electrons. The summed E-state index contributed by atoms with van der Waals surface area (Å²) in [7, 11) is 0. The molecule has 0 atom stereocenters. The van der Waals surface area contributed by atoms with E-state index in [1.165, 1.54) is 6.33 Å². The maximum absolute atomic E-state index is 9.12. The normalized spacial score (nSPS) is 11.4. The Labute approximate surface area is 113 Å². The summed E-state index contributed by atoms with van der Waals surface area (Å²) in [5.41, 5.74) is 4.33. The van der Waals surface area contributed by atoms with E-state index in [1.54, 1.807) is 4.52 Å². The van der Waals surface area contributed by atoms with Crippen LogP contribution in [-0.2, 0) is 6.61 Å². The summed E-state index contributed by atoms with van der Waals surface area (Å²) >= 11 is 0. The van der Waals surface area contributed by atoms with Crippen LogP contribution in [0.25, 0.3) is 27.8 Å². The van der Waals surface area contributed by atoms with Gasteiger partial charge < -0.3 is 10.1 Å². The topological polar surface area (TPSA) is 79.1 Å². The van der Waals surface area contributed by atoms with Gasteiger partial charge in [0, 0.05) is 23.3 Å². The van der Waals surface area contributed by atoms with Crippen molar-refractivity contribution in [1.82, 2.24) is 24.6 Å². The summed E-state index contributed by atoms with van der Waals surface area (Å²) in [5.74, 6) is 0. The van der Waals surface area contributed by atoms with Crippen molar-refractivity contribution in [3.05, 3.63) is 48.7 Å². The smallest absolute Gasteiger partial charge is 0.155 e. The minimum absolute atomic E-state index is 0.0595. The number of hydrogen-bond donors (Lipinski definition) is 2. The molecule has 4 aromatic rings. The van der Waals surface area contributed by atoms with Crippen molar-refractivity contribution in [1.29, 1.82) is 0 Å². The van der Waals surface area contributed by atoms with Crippen LogP contribution in [0.5, 0.6) is 0 Å². The van der Waals surface area contributed by atoms with Crippen LogP contribution in [-0.4, -0.2) is 29.7 Å². The lowest BCUT2D eigenvalue weighted by atomic mass is 10.1. The van der Waals surface area contributed by atoms with Crippen LogP contribution in [0.1, 0.15) is 5.69 Å². The number of nitrogens with zero attached hydrogens (tertiary/aromatic N) is 4. The molecule has 20 heavy (non-hydrogen) atoms. The standard InChI is InChI=1S/C14H11N5O/c20-7-10-1-2-11-12(6-15-14(11)18-10)9-3-4-19-13(5-9)16-8-17-19/h1-6,8,20H,7H2,(H,15,18). The van der Waals surface area contributed by atoms with Gasteiger partial charge in [-0.3, -0.25) is 0 Å². The average Bonchev–Trinajstić information content (AvgIpc) is 3.11. The molecule has 0 aliphatic rings. The third kappa shape index (κ3) is 1.59. The number of hydrogen-bond acceptors (Lipinski definition) is 4. The van der Waals surface area contributed by atoms with Crippen molar-refractivity contribution in [2.24, 2.45) is 0 Å². The molecule has 4 rings (SSSR count). The molecule has 4 aromatic heterocycles. The van der Waals surface area contributed by atoms with Crippen molar-refractivity contribution >= 4 is 16.7 Å². The van der Waals surface area contributed by atoms with Gasteiger partial charge in [-0.05, 0) is 29.8 Å². The molecule has 0 amide bonds. The Morgan fingerprint density at radius 3 is 3.10 bits per heavy atom. The van der Waals surface area contributed by atoms with Gasteiger partial charge in [0.1, 0.15) is 12.0 Å². The quantitative estimate of drug-likeness (QED) is 0.579. The highest BCUT2D eigenvalue weighted by Gasteiger charge is 2.09. The lowest BCUT2D eigenvalue weighted by Crippen LogP contribution is -1.89. The number of aliphatic hydroxyl groups is 1. The van der Waals surface area contributed by atoms with E-state index in [0.717, 1.165) is 27.8 Å². The molecule has 4 heterocycles. The highest BCUT2D eigenvalue weighted by molar-refractivity contribution is 5.94. The van der Waals surface area contributed by atoms with E-state index < -0.39 is 0 Å². The first-order chi connectivity index (χ1) is 9.85. The van der Waals surface area contributed by atoms with Gasteiger partial charge in [-0.25, -0.2) is 14.5 Å². The summed E-state index contributed by atoms with van der Waals surface area (Å²) in [6.45, 7) is -0.0595. The van der Waals surface area contributed by atoms with E-state index in [2.05, 4.69) is 20.1 Å². The molecule has 0 fully saturated rings. The summed E-state index contributed by atoms with van der Waals surface area (Å²) in [5, 5.41) is 14.2. The number of aromatic nitrogens is 5. The highest BCUT2D eigenvalue weighted by Crippen LogP contribution is 2.28. The number of aromatic amines is 1. The molecular weight excluding hydrogens is 254 g/mol. The SMILES string of the molecule is OCc1ccc2c(-c3ccn4ncnc4c3)c[nH]c2n1. The predicted octanol–water partition coefficient (Wildman–Crippen LogP) is 1.76. The van der Waals surface area contributed by atoms with Crippen molar-refractivity contribution < 1.29 is 5.11 Å². The first-order valence-electron chi connectivity index (χ1n) is 6.23. The third-order valence-electron chi connectivity index (χ3n) is 3.35. The molecule has 0 aliphatic carbocycles. The monoisotopic (exact) mass is 265 g/mol. The Balaban J connectivity index is 1.92. The first kappa shape index (κ1) is 11.1. The Bertz CT molecular complexity index is 908. The number of pyridine rings is 2. The molecule has 0 aliphatic heterocycles. The molecule has 0 aromatic carbocycles. The number of fused-ring (bicyclic) bond motifs is 2. The van der Waals surface area contributed by atoms with Crippen LogP contribution >= 0.6 is 0 Å². The molecule has 0 saturated carbocycles. The van der Waals surface area contributed by atoms with Crippen molar-refractivity contribution in [3.63, 3.8) is 0 Å². The van der Waals surface area contributed by atoms with E-state index in [9.17, 15) is 0 Å². The van der Waals surface area contributed by atoms with Crippen LogP contribution in [0.2, 0.25) is 0 Å². The zero-order valence-corrected chi connectivity index (χ0v) is 10.5.